The fourth-order valence-corrected chi connectivity index (χ4v) is 1.36. The Hall–Kier alpha value is -2.35. The molecular formula is C10H9FN4O3. The van der Waals surface area contributed by atoms with E-state index >= 15 is 0 Å². The van der Waals surface area contributed by atoms with Gasteiger partial charge in [0.1, 0.15) is 11.4 Å². The summed E-state index contributed by atoms with van der Waals surface area (Å²) in [5, 5.41) is 18.1. The third-order valence-corrected chi connectivity index (χ3v) is 2.22. The summed E-state index contributed by atoms with van der Waals surface area (Å²) in [6.07, 6.45) is 0. The summed E-state index contributed by atoms with van der Waals surface area (Å²) in [7, 11) is 0. The number of nitrogens with two attached hydrogens (primary N) is 1. The average Bonchev–Trinajstić information content (AvgIpc) is 2.78. The lowest BCUT2D eigenvalue weighted by Gasteiger charge is -1.98. The van der Waals surface area contributed by atoms with E-state index in [9.17, 15) is 14.5 Å². The van der Waals surface area contributed by atoms with Crippen molar-refractivity contribution in [3.05, 3.63) is 40.0 Å². The molecule has 1 aromatic heterocycles. The number of hydrogen-bond donors (Lipinski definition) is 1. The minimum Gasteiger partial charge on any atom is -0.419 e. The van der Waals surface area contributed by atoms with Crippen LogP contribution >= 0.6 is 0 Å². The fraction of sp³-hybridized carbons (Fsp3) is 0.200. The van der Waals surface area contributed by atoms with E-state index in [0.29, 0.717) is 0 Å². The van der Waals surface area contributed by atoms with Crippen LogP contribution in [-0.2, 0) is 0 Å². The van der Waals surface area contributed by atoms with Gasteiger partial charge in [0, 0.05) is 0 Å². The maximum Gasteiger partial charge on any atom is 0.285 e. The van der Waals surface area contributed by atoms with Crippen molar-refractivity contribution in [2.24, 2.45) is 5.73 Å². The van der Waals surface area contributed by atoms with E-state index in [-0.39, 0.29) is 17.3 Å². The van der Waals surface area contributed by atoms with Crippen molar-refractivity contribution in [2.75, 3.05) is 0 Å². The first-order chi connectivity index (χ1) is 8.49. The van der Waals surface area contributed by atoms with Gasteiger partial charge in [0.05, 0.1) is 17.0 Å². The van der Waals surface area contributed by atoms with Crippen LogP contribution < -0.4 is 5.73 Å². The Labute approximate surface area is 101 Å². The molecule has 0 fully saturated rings. The van der Waals surface area contributed by atoms with Crippen LogP contribution in [0.15, 0.2) is 22.6 Å². The van der Waals surface area contributed by atoms with Gasteiger partial charge in [-0.15, -0.1) is 10.2 Å². The molecule has 0 saturated carbocycles. The van der Waals surface area contributed by atoms with Crippen LogP contribution in [0.5, 0.6) is 0 Å². The number of hydrogen-bond acceptors (Lipinski definition) is 6. The van der Waals surface area contributed by atoms with Gasteiger partial charge in [-0.2, -0.15) is 0 Å². The van der Waals surface area contributed by atoms with E-state index in [1.165, 1.54) is 6.07 Å². The van der Waals surface area contributed by atoms with Crippen LogP contribution in [0.4, 0.5) is 10.1 Å². The van der Waals surface area contributed by atoms with E-state index in [2.05, 4.69) is 10.2 Å². The van der Waals surface area contributed by atoms with Gasteiger partial charge >= 0.3 is 0 Å². The number of nitro benzene ring substituents is 1. The number of nitrogens with zero attached hydrogens (tertiary/aromatic N) is 3. The Morgan fingerprint density at radius 1 is 1.50 bits per heavy atom. The Bertz CT molecular complexity index is 597. The quantitative estimate of drug-likeness (QED) is 0.659. The minimum atomic E-state index is -0.714. The highest BCUT2D eigenvalue weighted by Gasteiger charge is 2.21. The van der Waals surface area contributed by atoms with Crippen molar-refractivity contribution in [3.8, 4) is 11.5 Å². The molecule has 18 heavy (non-hydrogen) atoms. The number of nitro groups is 1. The van der Waals surface area contributed by atoms with E-state index in [4.69, 9.17) is 10.2 Å². The van der Waals surface area contributed by atoms with Crippen molar-refractivity contribution >= 4 is 5.69 Å². The molecule has 8 heteroatoms. The maximum atomic E-state index is 13.0. The standard InChI is InChI=1S/C10H9FN4O3/c1-5(12)9-13-14-10(18-9)7-3-2-6(11)4-8(7)15(16)17/h2-5H,12H2,1H3. The molecule has 7 nitrogen and oxygen atoms in total. The fourth-order valence-electron chi connectivity index (χ4n) is 1.36. The number of halogens is 1. The lowest BCUT2D eigenvalue weighted by atomic mass is 10.2. The van der Waals surface area contributed by atoms with Crippen LogP contribution in [0.25, 0.3) is 11.5 Å². The molecule has 2 rings (SSSR count). The molecule has 0 aliphatic heterocycles. The summed E-state index contributed by atoms with van der Waals surface area (Å²) in [6, 6.07) is 2.61. The Morgan fingerprint density at radius 3 is 2.78 bits per heavy atom. The average molecular weight is 252 g/mol. The van der Waals surface area contributed by atoms with Crippen LogP contribution in [0.2, 0.25) is 0 Å². The predicted octanol–water partition coefficient (Wildman–Crippen LogP) is 1.80. The molecule has 1 heterocycles. The number of rotatable bonds is 3. The molecule has 0 amide bonds. The van der Waals surface area contributed by atoms with Gasteiger partial charge in [-0.3, -0.25) is 10.1 Å². The smallest absolute Gasteiger partial charge is 0.285 e. The summed E-state index contributed by atoms with van der Waals surface area (Å²) in [6.45, 7) is 1.64. The SMILES string of the molecule is CC(N)c1nnc(-c2ccc(F)cc2[N+](=O)[O-])o1. The molecule has 0 bridgehead atoms. The molecule has 2 N–H and O–H groups in total. The second-order valence-electron chi connectivity index (χ2n) is 3.65. The third kappa shape index (κ3) is 2.18. The zero-order valence-electron chi connectivity index (χ0n) is 9.33. The molecule has 0 radical (unpaired) electrons. The van der Waals surface area contributed by atoms with Crippen LogP contribution in [-0.4, -0.2) is 15.1 Å². The van der Waals surface area contributed by atoms with Gasteiger partial charge in [-0.1, -0.05) is 0 Å². The van der Waals surface area contributed by atoms with Crippen molar-refractivity contribution in [3.63, 3.8) is 0 Å². The second kappa shape index (κ2) is 4.49. The van der Waals surface area contributed by atoms with E-state index in [1.807, 2.05) is 0 Å². The zero-order chi connectivity index (χ0) is 13.3. The van der Waals surface area contributed by atoms with Crippen molar-refractivity contribution in [1.29, 1.82) is 0 Å². The third-order valence-electron chi connectivity index (χ3n) is 2.22. The molecule has 0 aliphatic rings. The normalized spacial score (nSPS) is 12.4. The second-order valence-corrected chi connectivity index (χ2v) is 3.65. The predicted molar refractivity (Wildman–Crippen MR) is 58.9 cm³/mol. The summed E-state index contributed by atoms with van der Waals surface area (Å²) in [4.78, 5) is 10.1. The first kappa shape index (κ1) is 12.1. The van der Waals surface area contributed by atoms with Gasteiger partial charge in [0.15, 0.2) is 0 Å². The van der Waals surface area contributed by atoms with Gasteiger partial charge in [0.25, 0.3) is 11.6 Å². The number of aromatic nitrogens is 2. The Balaban J connectivity index is 2.52. The molecule has 0 spiro atoms. The van der Waals surface area contributed by atoms with Gasteiger partial charge in [-0.05, 0) is 19.1 Å². The maximum absolute atomic E-state index is 13.0. The van der Waals surface area contributed by atoms with Crippen molar-refractivity contribution < 1.29 is 13.7 Å². The highest BCUT2D eigenvalue weighted by molar-refractivity contribution is 5.66. The Morgan fingerprint density at radius 2 is 2.22 bits per heavy atom. The lowest BCUT2D eigenvalue weighted by molar-refractivity contribution is -0.384. The van der Waals surface area contributed by atoms with Crippen molar-refractivity contribution in [2.45, 2.75) is 13.0 Å². The highest BCUT2D eigenvalue weighted by atomic mass is 19.1. The molecule has 1 unspecified atom stereocenters. The minimum absolute atomic E-state index is 0.0563. The van der Waals surface area contributed by atoms with Crippen LogP contribution in [0.3, 0.4) is 0 Å². The number of benzene rings is 1. The molecular weight excluding hydrogens is 243 g/mol. The largest absolute Gasteiger partial charge is 0.419 e. The molecule has 2 aromatic rings. The topological polar surface area (TPSA) is 108 Å². The zero-order valence-corrected chi connectivity index (χ0v) is 9.33. The molecule has 94 valence electrons. The van der Waals surface area contributed by atoms with Crippen molar-refractivity contribution in [1.82, 2.24) is 10.2 Å². The van der Waals surface area contributed by atoms with Gasteiger partial charge in [0.2, 0.25) is 5.89 Å². The molecule has 0 saturated heterocycles. The molecule has 1 atom stereocenters. The van der Waals surface area contributed by atoms with E-state index in [0.717, 1.165) is 12.1 Å². The first-order valence-corrected chi connectivity index (χ1v) is 5.02. The lowest BCUT2D eigenvalue weighted by Crippen LogP contribution is -2.04. The van der Waals surface area contributed by atoms with Gasteiger partial charge in [-0.25, -0.2) is 4.39 Å². The Kier molecular flexibility index (Phi) is 3.02. The van der Waals surface area contributed by atoms with Gasteiger partial charge < -0.3 is 10.2 Å². The highest BCUT2D eigenvalue weighted by Crippen LogP contribution is 2.29. The van der Waals surface area contributed by atoms with E-state index < -0.39 is 22.5 Å². The van der Waals surface area contributed by atoms with Crippen LogP contribution in [0.1, 0.15) is 18.9 Å². The van der Waals surface area contributed by atoms with E-state index in [1.54, 1.807) is 6.92 Å². The monoisotopic (exact) mass is 252 g/mol. The molecule has 0 aliphatic carbocycles. The summed E-state index contributed by atoms with van der Waals surface area (Å²) < 4.78 is 18.2. The summed E-state index contributed by atoms with van der Waals surface area (Å²) in [5.74, 6) is -0.616. The summed E-state index contributed by atoms with van der Waals surface area (Å²) >= 11 is 0. The molecule has 1 aromatic carbocycles. The summed E-state index contributed by atoms with van der Waals surface area (Å²) in [5.41, 5.74) is 5.16. The first-order valence-electron chi connectivity index (χ1n) is 5.02. The van der Waals surface area contributed by atoms with Crippen LogP contribution in [0, 0.1) is 15.9 Å².